The number of methoxy groups -OCH3 is 3. The fraction of sp³-hybridized carbons (Fsp3) is 0.200. The Morgan fingerprint density at radius 3 is 2.14 bits per heavy atom. The molecule has 0 aromatic heterocycles. The highest BCUT2D eigenvalue weighted by Crippen LogP contribution is 2.39. The minimum atomic E-state index is -0.437. The van der Waals surface area contributed by atoms with E-state index < -0.39 is 11.1 Å². The average molecular weight is 454 g/mol. The third kappa shape index (κ3) is 4.32. The quantitative estimate of drug-likeness (QED) is 0.556. The molecule has 1 heterocycles. The molecule has 29 heavy (non-hydrogen) atoms. The molecule has 152 valence electrons. The number of hydrogen-bond acceptors (Lipinski definition) is 6. The lowest BCUT2D eigenvalue weighted by Gasteiger charge is -2.15. The van der Waals surface area contributed by atoms with Crippen molar-refractivity contribution in [2.45, 2.75) is 6.54 Å². The number of carbonyl (C=O) groups excluding carboxylic acids is 2. The zero-order valence-electron chi connectivity index (χ0n) is 15.8. The molecule has 2 aromatic rings. The largest absolute Gasteiger partial charge is 0.496 e. The van der Waals surface area contributed by atoms with Crippen molar-refractivity contribution in [1.29, 1.82) is 0 Å². The Morgan fingerprint density at radius 1 is 0.966 bits per heavy atom. The van der Waals surface area contributed by atoms with E-state index in [-0.39, 0.29) is 11.4 Å². The number of amides is 2. The molecular weight excluding hydrogens is 437 g/mol. The molecule has 0 saturated carbocycles. The minimum Gasteiger partial charge on any atom is -0.496 e. The standard InChI is InChI=1S/C20H17Cl2NO5S/c1-26-15-9-17(28-3)16(27-2)7-11(15)8-18-19(24)23(20(25)29-18)10-12-13(21)5-4-6-14(12)22/h4-9H,10H2,1-3H3/b18-8-. The lowest BCUT2D eigenvalue weighted by molar-refractivity contribution is -0.123. The Kier molecular flexibility index (Phi) is 6.62. The Hall–Kier alpha value is -2.35. The van der Waals surface area contributed by atoms with Crippen molar-refractivity contribution in [3.8, 4) is 17.2 Å². The molecule has 2 amide bonds. The van der Waals surface area contributed by atoms with Crippen LogP contribution in [0.5, 0.6) is 17.2 Å². The summed E-state index contributed by atoms with van der Waals surface area (Å²) in [5, 5.41) is 0.376. The van der Waals surface area contributed by atoms with Crippen molar-refractivity contribution in [2.75, 3.05) is 21.3 Å². The average Bonchev–Trinajstić information content (AvgIpc) is 2.97. The number of ether oxygens (including phenoxy) is 3. The smallest absolute Gasteiger partial charge is 0.293 e. The maximum absolute atomic E-state index is 12.9. The van der Waals surface area contributed by atoms with Crippen LogP contribution in [-0.2, 0) is 11.3 Å². The zero-order valence-corrected chi connectivity index (χ0v) is 18.2. The molecule has 0 atom stereocenters. The molecule has 3 rings (SSSR count). The summed E-state index contributed by atoms with van der Waals surface area (Å²) in [6.07, 6.45) is 1.58. The first-order valence-electron chi connectivity index (χ1n) is 8.37. The molecule has 0 N–H and O–H groups in total. The van der Waals surface area contributed by atoms with Gasteiger partial charge in [-0.3, -0.25) is 14.5 Å². The molecule has 9 heteroatoms. The molecule has 6 nitrogen and oxygen atoms in total. The van der Waals surface area contributed by atoms with Gasteiger partial charge in [0.15, 0.2) is 11.5 Å². The lowest BCUT2D eigenvalue weighted by Crippen LogP contribution is -2.27. The molecule has 2 aromatic carbocycles. The van der Waals surface area contributed by atoms with E-state index in [2.05, 4.69) is 0 Å². The SMILES string of the molecule is COc1cc(OC)c(OC)cc1/C=C1\SC(=O)N(Cc2c(Cl)cccc2Cl)C1=O. The van der Waals surface area contributed by atoms with E-state index in [4.69, 9.17) is 37.4 Å². The third-order valence-corrected chi connectivity index (χ3v) is 5.89. The van der Waals surface area contributed by atoms with Crippen LogP contribution < -0.4 is 14.2 Å². The molecule has 1 aliphatic heterocycles. The maximum Gasteiger partial charge on any atom is 0.293 e. The number of hydrogen-bond donors (Lipinski definition) is 0. The summed E-state index contributed by atoms with van der Waals surface area (Å²) in [5.41, 5.74) is 1.09. The number of carbonyl (C=O) groups is 2. The van der Waals surface area contributed by atoms with Gasteiger partial charge in [-0.05, 0) is 36.0 Å². The first-order valence-corrected chi connectivity index (χ1v) is 9.95. The minimum absolute atomic E-state index is 0.0103. The molecular formula is C20H17Cl2NO5S. The first kappa shape index (κ1) is 21.4. The number of thioether (sulfide) groups is 1. The van der Waals surface area contributed by atoms with E-state index in [1.54, 1.807) is 36.4 Å². The molecule has 1 saturated heterocycles. The Labute approximate surface area is 182 Å². The fourth-order valence-corrected chi connectivity index (χ4v) is 4.13. The van der Waals surface area contributed by atoms with Crippen molar-refractivity contribution >= 4 is 52.2 Å². The molecule has 0 unspecified atom stereocenters. The number of rotatable bonds is 6. The summed E-state index contributed by atoms with van der Waals surface area (Å²) in [6, 6.07) is 8.35. The Morgan fingerprint density at radius 2 is 1.55 bits per heavy atom. The van der Waals surface area contributed by atoms with Crippen LogP contribution in [-0.4, -0.2) is 37.4 Å². The number of nitrogens with zero attached hydrogens (tertiary/aromatic N) is 1. The van der Waals surface area contributed by atoms with Gasteiger partial charge >= 0.3 is 0 Å². The maximum atomic E-state index is 12.9. The van der Waals surface area contributed by atoms with Gasteiger partial charge in [-0.15, -0.1) is 0 Å². The second-order valence-corrected chi connectivity index (χ2v) is 7.72. The van der Waals surface area contributed by atoms with Crippen molar-refractivity contribution in [3.05, 3.63) is 56.4 Å². The van der Waals surface area contributed by atoms with E-state index in [0.717, 1.165) is 16.7 Å². The highest BCUT2D eigenvalue weighted by molar-refractivity contribution is 8.18. The summed E-state index contributed by atoms with van der Waals surface area (Å²) < 4.78 is 15.9. The van der Waals surface area contributed by atoms with E-state index in [1.807, 2.05) is 0 Å². The molecule has 1 fully saturated rings. The van der Waals surface area contributed by atoms with Crippen LogP contribution in [0.1, 0.15) is 11.1 Å². The van der Waals surface area contributed by atoms with Gasteiger partial charge < -0.3 is 14.2 Å². The third-order valence-electron chi connectivity index (χ3n) is 4.27. The second-order valence-electron chi connectivity index (χ2n) is 5.92. The van der Waals surface area contributed by atoms with Crippen molar-refractivity contribution in [3.63, 3.8) is 0 Å². The van der Waals surface area contributed by atoms with Crippen LogP contribution in [0.4, 0.5) is 4.79 Å². The zero-order chi connectivity index (χ0) is 21.1. The van der Waals surface area contributed by atoms with Gasteiger partial charge in [0.25, 0.3) is 11.1 Å². The van der Waals surface area contributed by atoms with E-state index in [1.165, 1.54) is 21.3 Å². The van der Waals surface area contributed by atoms with Crippen LogP contribution in [0.2, 0.25) is 10.0 Å². The Bertz CT molecular complexity index is 988. The van der Waals surface area contributed by atoms with E-state index >= 15 is 0 Å². The van der Waals surface area contributed by atoms with E-state index in [0.29, 0.717) is 38.4 Å². The van der Waals surface area contributed by atoms with Crippen LogP contribution in [0, 0.1) is 0 Å². The number of halogens is 2. The van der Waals surface area contributed by atoms with Gasteiger partial charge in [0.05, 0.1) is 32.8 Å². The van der Waals surface area contributed by atoms with Gasteiger partial charge in [-0.1, -0.05) is 29.3 Å². The van der Waals surface area contributed by atoms with Crippen LogP contribution >= 0.6 is 35.0 Å². The normalized spacial score (nSPS) is 15.2. The van der Waals surface area contributed by atoms with Crippen molar-refractivity contribution in [1.82, 2.24) is 4.90 Å². The molecule has 0 spiro atoms. The molecule has 0 bridgehead atoms. The van der Waals surface area contributed by atoms with Gasteiger partial charge in [-0.2, -0.15) is 0 Å². The van der Waals surface area contributed by atoms with E-state index in [9.17, 15) is 9.59 Å². The summed E-state index contributed by atoms with van der Waals surface area (Å²) >= 11 is 13.2. The van der Waals surface area contributed by atoms with Crippen LogP contribution in [0.25, 0.3) is 6.08 Å². The monoisotopic (exact) mass is 453 g/mol. The molecule has 0 radical (unpaired) electrons. The van der Waals surface area contributed by atoms with Crippen molar-refractivity contribution in [2.24, 2.45) is 0 Å². The van der Waals surface area contributed by atoms with Crippen molar-refractivity contribution < 1.29 is 23.8 Å². The van der Waals surface area contributed by atoms with Crippen LogP contribution in [0.15, 0.2) is 35.2 Å². The molecule has 0 aliphatic carbocycles. The Balaban J connectivity index is 1.94. The van der Waals surface area contributed by atoms with Gasteiger partial charge in [-0.25, -0.2) is 0 Å². The predicted octanol–water partition coefficient (Wildman–Crippen LogP) is 5.26. The van der Waals surface area contributed by atoms with Gasteiger partial charge in [0.2, 0.25) is 0 Å². The second kappa shape index (κ2) is 8.98. The fourth-order valence-electron chi connectivity index (χ4n) is 2.78. The highest BCUT2D eigenvalue weighted by Gasteiger charge is 2.36. The van der Waals surface area contributed by atoms with Crippen LogP contribution in [0.3, 0.4) is 0 Å². The predicted molar refractivity (Wildman–Crippen MR) is 114 cm³/mol. The summed E-state index contributed by atoms with van der Waals surface area (Å²) in [7, 11) is 4.53. The number of benzene rings is 2. The summed E-state index contributed by atoms with van der Waals surface area (Å²) in [5.74, 6) is 1.00. The number of imide groups is 1. The summed E-state index contributed by atoms with van der Waals surface area (Å²) in [4.78, 5) is 26.7. The topological polar surface area (TPSA) is 65.1 Å². The molecule has 1 aliphatic rings. The first-order chi connectivity index (χ1) is 13.9. The summed E-state index contributed by atoms with van der Waals surface area (Å²) in [6.45, 7) is -0.0103. The van der Waals surface area contributed by atoms with Gasteiger partial charge in [0, 0.05) is 27.2 Å². The highest BCUT2D eigenvalue weighted by atomic mass is 35.5. The van der Waals surface area contributed by atoms with Gasteiger partial charge in [0.1, 0.15) is 5.75 Å². The lowest BCUT2D eigenvalue weighted by atomic mass is 10.1.